The standard InChI is InChI=1S/C52H79N5O12/c1-31-16-12-11-13-17-32(2)43(65-8)28-39-21-19-37(7)52(64,69-39)49(61)50(62)56-23-15-14-18-41(56)51(63)68-44(34(4)26-38-20-22-40(45(27-38)66-9)57-54-30-53-55-57)29-42(58)33(3)25-36(6)47(60)48(67-10)46(59)35(5)24-31/h11-13,16-17,25,30-31,33-35,37-41,43-45,47-48,60,64H,14-15,18-24,26-29H2,1-10H3/b13-11+,16-12-,32-17+,36-25+/t31-,33-,34-,35-,37-,38+,39+,40+,41+,43+,44+,45-,47-,48+,52-/m1/s1. The molecule has 2 N–H and O–H groups in total. The Hall–Kier alpha value is -4.26. The number of esters is 1. The summed E-state index contributed by atoms with van der Waals surface area (Å²) in [5.74, 6) is -7.94. The second-order valence-electron chi connectivity index (χ2n) is 20.3. The van der Waals surface area contributed by atoms with Crippen molar-refractivity contribution in [3.8, 4) is 0 Å². The van der Waals surface area contributed by atoms with Gasteiger partial charge in [0.25, 0.3) is 11.7 Å². The minimum atomic E-state index is -2.43. The first-order chi connectivity index (χ1) is 32.8. The van der Waals surface area contributed by atoms with Crippen LogP contribution in [0.4, 0.5) is 0 Å². The van der Waals surface area contributed by atoms with Gasteiger partial charge < -0.3 is 38.8 Å². The Labute approximate surface area is 408 Å². The van der Waals surface area contributed by atoms with Crippen LogP contribution < -0.4 is 0 Å². The number of carbonyl (C=O) groups excluding carboxylic acids is 5. The smallest absolute Gasteiger partial charge is 0.329 e. The molecule has 15 atom stereocenters. The van der Waals surface area contributed by atoms with E-state index in [1.165, 1.54) is 18.3 Å². The number of hydrogen-bond acceptors (Lipinski definition) is 15. The van der Waals surface area contributed by atoms with Gasteiger partial charge in [-0.15, -0.1) is 10.2 Å². The van der Waals surface area contributed by atoms with Crippen LogP contribution in [0.1, 0.15) is 132 Å². The number of cyclic esters (lactones) is 1. The van der Waals surface area contributed by atoms with E-state index >= 15 is 0 Å². The van der Waals surface area contributed by atoms with Crippen molar-refractivity contribution < 1.29 is 57.9 Å². The van der Waals surface area contributed by atoms with E-state index in [0.717, 1.165) is 18.4 Å². The van der Waals surface area contributed by atoms with Crippen molar-refractivity contribution in [1.82, 2.24) is 25.1 Å². The van der Waals surface area contributed by atoms with Gasteiger partial charge in [0.15, 0.2) is 12.1 Å². The van der Waals surface area contributed by atoms with Gasteiger partial charge in [-0.3, -0.25) is 19.2 Å². The van der Waals surface area contributed by atoms with Crippen molar-refractivity contribution in [2.75, 3.05) is 27.9 Å². The van der Waals surface area contributed by atoms with Crippen molar-refractivity contribution >= 4 is 29.2 Å². The molecule has 1 amide bonds. The summed E-state index contributed by atoms with van der Waals surface area (Å²) in [5, 5.41) is 35.7. The predicted molar refractivity (Wildman–Crippen MR) is 256 cm³/mol. The number of Topliss-reactive ketones (excluding diaryl/α,β-unsaturated/α-hetero) is 3. The number of piperidine rings is 1. The molecule has 69 heavy (non-hydrogen) atoms. The molecule has 0 spiro atoms. The molecule has 2 saturated heterocycles. The van der Waals surface area contributed by atoms with Crippen LogP contribution >= 0.6 is 0 Å². The molecule has 2 bridgehead atoms. The third kappa shape index (κ3) is 14.2. The van der Waals surface area contributed by atoms with Gasteiger partial charge in [0.05, 0.1) is 24.4 Å². The second-order valence-corrected chi connectivity index (χ2v) is 20.3. The molecule has 0 aromatic carbocycles. The summed E-state index contributed by atoms with van der Waals surface area (Å²) in [7, 11) is 4.61. The zero-order valence-corrected chi connectivity index (χ0v) is 42.5. The number of allylic oxidation sites excluding steroid dienone is 6. The minimum Gasteiger partial charge on any atom is -0.460 e. The molecule has 384 valence electrons. The number of fused-ring (bicyclic) bond motifs is 3. The number of aromatic nitrogens is 4. The molecular formula is C52H79N5O12. The summed E-state index contributed by atoms with van der Waals surface area (Å²) in [6, 6.07) is -1.24. The van der Waals surface area contributed by atoms with Crippen LogP contribution in [0.3, 0.4) is 0 Å². The highest BCUT2D eigenvalue weighted by Gasteiger charge is 2.53. The van der Waals surface area contributed by atoms with E-state index in [2.05, 4.69) is 15.4 Å². The Morgan fingerprint density at radius 1 is 0.884 bits per heavy atom. The summed E-state index contributed by atoms with van der Waals surface area (Å²) < 4.78 is 29.9. The number of tetrazole rings is 1. The molecule has 3 fully saturated rings. The van der Waals surface area contributed by atoms with Gasteiger partial charge in [0.1, 0.15) is 30.1 Å². The average Bonchev–Trinajstić information content (AvgIpc) is 3.88. The summed E-state index contributed by atoms with van der Waals surface area (Å²) in [4.78, 5) is 73.9. The molecular weight excluding hydrogens is 887 g/mol. The number of rotatable bonds is 7. The number of ether oxygens (including phenoxy) is 5. The summed E-state index contributed by atoms with van der Waals surface area (Å²) in [6.07, 6.45) is 13.7. The van der Waals surface area contributed by atoms with Gasteiger partial charge in [-0.2, -0.15) is 4.80 Å². The van der Waals surface area contributed by atoms with E-state index in [9.17, 15) is 34.2 Å². The molecule has 1 aromatic heterocycles. The Kier molecular flexibility index (Phi) is 20.8. The highest BCUT2D eigenvalue weighted by Crippen LogP contribution is 2.39. The fraction of sp³-hybridized carbons (Fsp3) is 0.731. The van der Waals surface area contributed by atoms with Crippen molar-refractivity contribution in [2.24, 2.45) is 35.5 Å². The molecule has 0 unspecified atom stereocenters. The van der Waals surface area contributed by atoms with E-state index in [0.29, 0.717) is 56.9 Å². The number of nitrogens with zero attached hydrogens (tertiary/aromatic N) is 5. The van der Waals surface area contributed by atoms with Crippen molar-refractivity contribution in [2.45, 2.75) is 180 Å². The molecule has 17 heteroatoms. The predicted octanol–water partition coefficient (Wildman–Crippen LogP) is 6.05. The van der Waals surface area contributed by atoms with Crippen molar-refractivity contribution in [3.63, 3.8) is 0 Å². The van der Waals surface area contributed by atoms with Crippen LogP contribution in [0.5, 0.6) is 0 Å². The lowest BCUT2D eigenvalue weighted by Crippen LogP contribution is -2.61. The van der Waals surface area contributed by atoms with Crippen molar-refractivity contribution in [3.05, 3.63) is 53.9 Å². The molecule has 4 heterocycles. The Morgan fingerprint density at radius 3 is 2.32 bits per heavy atom. The number of aliphatic hydroxyl groups excluding tert-OH is 1. The molecule has 17 nitrogen and oxygen atoms in total. The van der Waals surface area contributed by atoms with Gasteiger partial charge in [-0.1, -0.05) is 71.1 Å². The molecule has 1 saturated carbocycles. The average molecular weight is 966 g/mol. The maximum Gasteiger partial charge on any atom is 0.329 e. The number of hydrogen-bond donors (Lipinski definition) is 2. The van der Waals surface area contributed by atoms with E-state index in [1.54, 1.807) is 45.9 Å². The zero-order chi connectivity index (χ0) is 50.6. The zero-order valence-electron chi connectivity index (χ0n) is 42.5. The van der Waals surface area contributed by atoms with Crippen LogP contribution in [-0.4, -0.2) is 141 Å². The third-order valence-electron chi connectivity index (χ3n) is 15.1. The monoisotopic (exact) mass is 966 g/mol. The number of methoxy groups -OCH3 is 3. The minimum absolute atomic E-state index is 0.0168. The lowest BCUT2D eigenvalue weighted by Gasteiger charge is -2.42. The molecule has 4 aliphatic rings. The highest BCUT2D eigenvalue weighted by molar-refractivity contribution is 6.39. The normalized spacial score (nSPS) is 38.8. The Balaban J connectivity index is 1.46. The van der Waals surface area contributed by atoms with Crippen LogP contribution in [-0.2, 0) is 47.7 Å². The van der Waals surface area contributed by atoms with Crippen molar-refractivity contribution in [1.29, 1.82) is 0 Å². The largest absolute Gasteiger partial charge is 0.460 e. The van der Waals surface area contributed by atoms with E-state index in [4.69, 9.17) is 23.7 Å². The van der Waals surface area contributed by atoms with Crippen LogP contribution in [0.2, 0.25) is 0 Å². The van der Waals surface area contributed by atoms with Gasteiger partial charge in [0, 0.05) is 58.5 Å². The maximum absolute atomic E-state index is 14.5. The van der Waals surface area contributed by atoms with E-state index in [-0.39, 0.29) is 60.9 Å². The summed E-state index contributed by atoms with van der Waals surface area (Å²) >= 11 is 0. The van der Waals surface area contributed by atoms with E-state index in [1.807, 2.05) is 58.1 Å². The second kappa shape index (κ2) is 25.7. The first-order valence-electron chi connectivity index (χ1n) is 25.0. The fourth-order valence-corrected chi connectivity index (χ4v) is 10.7. The Morgan fingerprint density at radius 2 is 1.64 bits per heavy atom. The van der Waals surface area contributed by atoms with Gasteiger partial charge in [-0.05, 0) is 112 Å². The molecule has 1 aliphatic carbocycles. The quantitative estimate of drug-likeness (QED) is 0.181. The first kappa shape index (κ1) is 55.7. The molecule has 3 aliphatic heterocycles. The first-order valence-corrected chi connectivity index (χ1v) is 25.0. The van der Waals surface area contributed by atoms with Gasteiger partial charge in [0.2, 0.25) is 5.79 Å². The van der Waals surface area contributed by atoms with Gasteiger partial charge in [-0.25, -0.2) is 4.79 Å². The number of ketones is 3. The Bertz CT molecular complexity index is 2020. The van der Waals surface area contributed by atoms with Crippen LogP contribution in [0.25, 0.3) is 0 Å². The number of carbonyl (C=O) groups is 5. The molecule has 1 aromatic rings. The topological polar surface area (TPSA) is 219 Å². The third-order valence-corrected chi connectivity index (χ3v) is 15.1. The highest BCUT2D eigenvalue weighted by atomic mass is 16.6. The van der Waals surface area contributed by atoms with Gasteiger partial charge >= 0.3 is 5.97 Å². The number of aliphatic hydroxyl groups is 2. The lowest BCUT2D eigenvalue weighted by molar-refractivity contribution is -0.265. The van der Waals surface area contributed by atoms with Crippen LogP contribution in [0.15, 0.2) is 53.9 Å². The summed E-state index contributed by atoms with van der Waals surface area (Å²) in [6.45, 7) is 12.8. The van der Waals surface area contributed by atoms with Crippen LogP contribution in [0, 0.1) is 35.5 Å². The lowest BCUT2D eigenvalue weighted by atomic mass is 9.77. The number of amides is 1. The fourth-order valence-electron chi connectivity index (χ4n) is 10.7. The van der Waals surface area contributed by atoms with E-state index < -0.39 is 77.8 Å². The summed E-state index contributed by atoms with van der Waals surface area (Å²) in [5.41, 5.74) is 1.27. The molecule has 5 rings (SSSR count). The maximum atomic E-state index is 14.5. The molecule has 0 radical (unpaired) electrons. The SMILES string of the molecule is CO[C@H]1C[C@@H]2CC[C@@H](C)[C@@](O)(O2)C(=O)C(=O)N2CCCC[C@H]2C(=O)O[C@H]([C@H](C)C[C@@H]2CC[C@H](n3ncnn3)[C@H](OC)C2)CC(=O)[C@H](C)/C=C(\C)[C@@H](O)[C@@H](OC)C(=O)[C@H](C)C[C@H](C)\C=C/C=C/C=C/1C.